The molecule has 1 aromatic heterocycles. The van der Waals surface area contributed by atoms with Crippen LogP contribution in [0.15, 0.2) is 52.0 Å². The van der Waals surface area contributed by atoms with Crippen molar-refractivity contribution < 1.29 is 23.5 Å². The normalized spacial score (nSPS) is 14.0. The van der Waals surface area contributed by atoms with E-state index in [0.29, 0.717) is 37.0 Å². The molecule has 0 spiro atoms. The maximum absolute atomic E-state index is 12.3. The highest BCUT2D eigenvalue weighted by atomic mass is 35.5. The Morgan fingerprint density at radius 1 is 1.03 bits per heavy atom. The van der Waals surface area contributed by atoms with Gasteiger partial charge in [-0.05, 0) is 24.3 Å². The first-order valence-electron chi connectivity index (χ1n) is 9.18. The number of hydrogen-bond acceptors (Lipinski definition) is 6. The van der Waals surface area contributed by atoms with Crippen molar-refractivity contribution in [2.75, 3.05) is 38.5 Å². The molecule has 1 fully saturated rings. The Bertz CT molecular complexity index is 850. The minimum absolute atomic E-state index is 0.189. The summed E-state index contributed by atoms with van der Waals surface area (Å²) in [6, 6.07) is 10.7. The van der Waals surface area contributed by atoms with E-state index in [2.05, 4.69) is 0 Å². The molecule has 2 aromatic rings. The largest absolute Gasteiger partial charge is 0.459 e. The fourth-order valence-electron chi connectivity index (χ4n) is 2.83. The van der Waals surface area contributed by atoms with Crippen molar-refractivity contribution in [3.63, 3.8) is 0 Å². The van der Waals surface area contributed by atoms with Gasteiger partial charge in [-0.25, -0.2) is 0 Å². The number of rotatable bonds is 7. The topological polar surface area (TPSA) is 80.1 Å². The second-order valence-corrected chi connectivity index (χ2v) is 7.88. The minimum atomic E-state index is -0.426. The number of furan rings is 1. The summed E-state index contributed by atoms with van der Waals surface area (Å²) in [4.78, 5) is 40.5. The zero-order valence-corrected chi connectivity index (χ0v) is 17.3. The van der Waals surface area contributed by atoms with Gasteiger partial charge >= 0.3 is 5.97 Å². The molecule has 9 heteroatoms. The Morgan fingerprint density at radius 2 is 1.76 bits per heavy atom. The molecular weight excluding hydrogens is 416 g/mol. The van der Waals surface area contributed by atoms with E-state index in [0.717, 1.165) is 4.90 Å². The van der Waals surface area contributed by atoms with Crippen molar-refractivity contribution in [2.45, 2.75) is 11.3 Å². The Balaban J connectivity index is 1.34. The Morgan fingerprint density at radius 3 is 2.45 bits per heavy atom. The van der Waals surface area contributed by atoms with Gasteiger partial charge in [-0.3, -0.25) is 14.4 Å². The molecule has 0 unspecified atom stereocenters. The van der Waals surface area contributed by atoms with Gasteiger partial charge in [0.25, 0.3) is 11.8 Å². The first-order chi connectivity index (χ1) is 14.0. The van der Waals surface area contributed by atoms with Crippen molar-refractivity contribution in [2.24, 2.45) is 0 Å². The molecule has 7 nitrogen and oxygen atoms in total. The summed E-state index contributed by atoms with van der Waals surface area (Å²) in [5, 5.41) is 0.644. The van der Waals surface area contributed by atoms with Crippen LogP contribution in [0.2, 0.25) is 5.02 Å². The minimum Gasteiger partial charge on any atom is -0.459 e. The summed E-state index contributed by atoms with van der Waals surface area (Å²) in [6.45, 7) is 1.32. The molecular formula is C20H21ClN2O5S. The number of nitrogens with zero attached hydrogens (tertiary/aromatic N) is 2. The molecule has 0 N–H and O–H groups in total. The number of piperazine rings is 1. The summed E-state index contributed by atoms with van der Waals surface area (Å²) >= 11 is 7.54. The number of benzene rings is 1. The van der Waals surface area contributed by atoms with Crippen molar-refractivity contribution in [1.29, 1.82) is 0 Å². The van der Waals surface area contributed by atoms with Crippen LogP contribution in [0.3, 0.4) is 0 Å². The third-order valence-electron chi connectivity index (χ3n) is 4.41. The van der Waals surface area contributed by atoms with Gasteiger partial charge in [-0.2, -0.15) is 0 Å². The molecule has 0 aliphatic carbocycles. The van der Waals surface area contributed by atoms with Crippen LogP contribution in [-0.4, -0.2) is 66.1 Å². The number of ether oxygens (including phenoxy) is 1. The average molecular weight is 437 g/mol. The summed E-state index contributed by atoms with van der Waals surface area (Å²) in [6.07, 6.45) is 1.64. The maximum atomic E-state index is 12.3. The summed E-state index contributed by atoms with van der Waals surface area (Å²) < 4.78 is 10.2. The first-order valence-corrected chi connectivity index (χ1v) is 10.5. The van der Waals surface area contributed by atoms with E-state index >= 15 is 0 Å². The molecule has 0 saturated carbocycles. The van der Waals surface area contributed by atoms with Crippen LogP contribution < -0.4 is 0 Å². The lowest BCUT2D eigenvalue weighted by Gasteiger charge is -2.34. The molecule has 154 valence electrons. The lowest BCUT2D eigenvalue weighted by Crippen LogP contribution is -2.51. The van der Waals surface area contributed by atoms with E-state index in [4.69, 9.17) is 20.8 Å². The van der Waals surface area contributed by atoms with E-state index < -0.39 is 5.97 Å². The SMILES string of the molecule is O=C(CCSc1ccccc1Cl)OCC(=O)N1CCN(C(=O)c2ccco2)CC1. The van der Waals surface area contributed by atoms with Gasteiger partial charge in [-0.15, -0.1) is 11.8 Å². The van der Waals surface area contributed by atoms with Crippen LogP contribution in [0, 0.1) is 0 Å². The molecule has 29 heavy (non-hydrogen) atoms. The number of carbonyl (C=O) groups is 3. The second kappa shape index (κ2) is 10.4. The maximum Gasteiger partial charge on any atom is 0.307 e. The van der Waals surface area contributed by atoms with Gasteiger partial charge in [0, 0.05) is 36.8 Å². The number of halogens is 1. The van der Waals surface area contributed by atoms with Crippen molar-refractivity contribution >= 4 is 41.1 Å². The second-order valence-electron chi connectivity index (χ2n) is 6.34. The highest BCUT2D eigenvalue weighted by Gasteiger charge is 2.26. The van der Waals surface area contributed by atoms with Crippen molar-refractivity contribution in [1.82, 2.24) is 9.80 Å². The number of thioether (sulfide) groups is 1. The first kappa shape index (κ1) is 21.3. The van der Waals surface area contributed by atoms with Crippen LogP contribution in [0.5, 0.6) is 0 Å². The Kier molecular flexibility index (Phi) is 7.60. The molecule has 3 rings (SSSR count). The molecule has 1 aliphatic heterocycles. The van der Waals surface area contributed by atoms with E-state index in [1.54, 1.807) is 28.0 Å². The van der Waals surface area contributed by atoms with Crippen LogP contribution in [-0.2, 0) is 14.3 Å². The van der Waals surface area contributed by atoms with Crippen LogP contribution in [0.25, 0.3) is 0 Å². The van der Waals surface area contributed by atoms with Gasteiger partial charge in [-0.1, -0.05) is 23.7 Å². The lowest BCUT2D eigenvalue weighted by molar-refractivity contribution is -0.152. The van der Waals surface area contributed by atoms with Gasteiger partial charge in [0.2, 0.25) is 0 Å². The zero-order valence-electron chi connectivity index (χ0n) is 15.7. The summed E-state index contributed by atoms with van der Waals surface area (Å²) in [5.41, 5.74) is 0. The van der Waals surface area contributed by atoms with Crippen LogP contribution >= 0.6 is 23.4 Å². The zero-order chi connectivity index (χ0) is 20.6. The smallest absolute Gasteiger partial charge is 0.307 e. The third kappa shape index (κ3) is 6.01. The number of carbonyl (C=O) groups excluding carboxylic acids is 3. The quantitative estimate of drug-likeness (QED) is 0.490. The van der Waals surface area contributed by atoms with Crippen LogP contribution in [0.1, 0.15) is 17.0 Å². The number of hydrogen-bond donors (Lipinski definition) is 0. The molecule has 2 amide bonds. The standard InChI is InChI=1S/C20H21ClN2O5S/c21-15-4-1-2-6-17(15)29-13-7-19(25)28-14-18(24)22-8-10-23(11-9-22)20(26)16-5-3-12-27-16/h1-6,12H,7-11,13-14H2. The Labute approximate surface area is 177 Å². The van der Waals surface area contributed by atoms with E-state index in [-0.39, 0.29) is 30.6 Å². The molecule has 0 atom stereocenters. The molecule has 0 radical (unpaired) electrons. The molecule has 2 heterocycles. The monoisotopic (exact) mass is 436 g/mol. The van der Waals surface area contributed by atoms with Crippen LogP contribution in [0.4, 0.5) is 0 Å². The van der Waals surface area contributed by atoms with E-state index in [9.17, 15) is 14.4 Å². The van der Waals surface area contributed by atoms with Gasteiger partial charge < -0.3 is 19.0 Å². The fraction of sp³-hybridized carbons (Fsp3) is 0.350. The molecule has 1 aliphatic rings. The average Bonchev–Trinajstić information content (AvgIpc) is 3.28. The van der Waals surface area contributed by atoms with Crippen molar-refractivity contribution in [3.8, 4) is 0 Å². The summed E-state index contributed by atoms with van der Waals surface area (Å²) in [7, 11) is 0. The van der Waals surface area contributed by atoms with E-state index in [1.165, 1.54) is 18.0 Å². The number of esters is 1. The van der Waals surface area contributed by atoms with Gasteiger partial charge in [0.15, 0.2) is 12.4 Å². The molecule has 1 saturated heterocycles. The highest BCUT2D eigenvalue weighted by molar-refractivity contribution is 7.99. The molecule has 0 bridgehead atoms. The Hall–Kier alpha value is -2.45. The predicted octanol–water partition coefficient (Wildman–Crippen LogP) is 2.94. The molecule has 1 aromatic carbocycles. The summed E-state index contributed by atoms with van der Waals surface area (Å²) in [5.74, 6) is -0.0747. The lowest BCUT2D eigenvalue weighted by atomic mass is 10.3. The fourth-order valence-corrected chi connectivity index (χ4v) is 4.00. The highest BCUT2D eigenvalue weighted by Crippen LogP contribution is 2.26. The van der Waals surface area contributed by atoms with Gasteiger partial charge in [0.05, 0.1) is 17.7 Å². The predicted molar refractivity (Wildman–Crippen MR) is 109 cm³/mol. The van der Waals surface area contributed by atoms with E-state index in [1.807, 2.05) is 18.2 Å². The van der Waals surface area contributed by atoms with Gasteiger partial charge in [0.1, 0.15) is 0 Å². The number of amides is 2. The third-order valence-corrected chi connectivity index (χ3v) is 5.93. The van der Waals surface area contributed by atoms with Crippen molar-refractivity contribution in [3.05, 3.63) is 53.4 Å².